The second-order valence-corrected chi connectivity index (χ2v) is 16.7. The number of hydrogen-bond acceptors (Lipinski definition) is 16. The van der Waals surface area contributed by atoms with E-state index in [0.29, 0.717) is 47.2 Å². The molecule has 4 aromatic carbocycles. The number of nitrogens with one attached hydrogen (secondary N) is 4. The summed E-state index contributed by atoms with van der Waals surface area (Å²) in [6.45, 7) is 3.91. The highest BCUT2D eigenvalue weighted by molar-refractivity contribution is 5.93. The molecule has 4 aromatic heterocycles. The highest BCUT2D eigenvalue weighted by Gasteiger charge is 2.44. The van der Waals surface area contributed by atoms with Crippen LogP contribution in [0, 0.1) is 25.2 Å². The molecule has 6 heterocycles. The van der Waals surface area contributed by atoms with E-state index < -0.39 is 24.5 Å². The van der Waals surface area contributed by atoms with Gasteiger partial charge in [0.05, 0.1) is 29.8 Å². The molecule has 2 atom stereocenters. The zero-order chi connectivity index (χ0) is 52.0. The first-order valence-corrected chi connectivity index (χ1v) is 22.5. The molecule has 0 saturated carbocycles. The molecular formula is C50H42F4N14O6. The molecule has 74 heavy (non-hydrogen) atoms. The third kappa shape index (κ3) is 11.9. The molecule has 2 aliphatic rings. The van der Waals surface area contributed by atoms with E-state index in [2.05, 4.69) is 76.9 Å². The molecule has 24 heteroatoms. The molecule has 20 nitrogen and oxygen atoms in total. The zero-order valence-electron chi connectivity index (χ0n) is 39.0. The van der Waals surface area contributed by atoms with Crippen molar-refractivity contribution in [1.29, 1.82) is 5.26 Å². The van der Waals surface area contributed by atoms with E-state index in [1.54, 1.807) is 36.7 Å². The average Bonchev–Trinajstić information content (AvgIpc) is 4.20. The lowest BCUT2D eigenvalue weighted by atomic mass is 10.1. The molecule has 2 unspecified atom stereocenters. The number of aromatic nitrogens is 8. The van der Waals surface area contributed by atoms with Gasteiger partial charge in [-0.05, 0) is 66.8 Å². The number of halogens is 4. The topological polar surface area (TPSA) is 256 Å². The molecule has 6 N–H and O–H groups in total. The molecule has 0 radical (unpaired) electrons. The minimum Gasteiger partial charge on any atom is -0.395 e. The minimum atomic E-state index is -3.71. The van der Waals surface area contributed by atoms with Crippen LogP contribution in [0.3, 0.4) is 0 Å². The van der Waals surface area contributed by atoms with E-state index in [0.717, 1.165) is 22.3 Å². The maximum Gasteiger partial charge on any atom is 0.586 e. The second-order valence-electron chi connectivity index (χ2n) is 16.7. The van der Waals surface area contributed by atoms with Gasteiger partial charge in [0.2, 0.25) is 0 Å². The maximum absolute atomic E-state index is 13.3. The molecular weight excluding hydrogens is 969 g/mol. The van der Waals surface area contributed by atoms with Gasteiger partial charge in [0.15, 0.2) is 34.4 Å². The van der Waals surface area contributed by atoms with Crippen LogP contribution in [0.5, 0.6) is 23.0 Å². The minimum absolute atomic E-state index is 0.0377. The first kappa shape index (κ1) is 49.4. The van der Waals surface area contributed by atoms with Crippen molar-refractivity contribution in [2.75, 3.05) is 17.2 Å². The number of ether oxygens (including phenoxy) is 4. The number of nitrogens with zero attached hydrogens (tertiary/aromatic N) is 9. The van der Waals surface area contributed by atoms with Crippen LogP contribution in [0.2, 0.25) is 0 Å². The Hall–Kier alpha value is -9.63. The fraction of sp³-hybridized carbons (Fsp3) is 0.180. The Morgan fingerprint density at radius 1 is 0.635 bits per heavy atom. The number of pyridine rings is 2. The zero-order valence-corrected chi connectivity index (χ0v) is 39.0. The predicted molar refractivity (Wildman–Crippen MR) is 257 cm³/mol. The highest BCUT2D eigenvalue weighted by Crippen LogP contribution is 2.44. The molecule has 0 fully saturated rings. The summed E-state index contributed by atoms with van der Waals surface area (Å²) in [6.07, 6.45) is -0.292. The number of fused-ring (bicyclic) bond motifs is 2. The van der Waals surface area contributed by atoms with Crippen LogP contribution in [-0.4, -0.2) is 83.0 Å². The average molecular weight is 1010 g/mol. The number of carbonyl (C=O) groups is 2. The number of rotatable bonds is 15. The Kier molecular flexibility index (Phi) is 14.0. The molecule has 2 aliphatic heterocycles. The number of nitriles is 1. The van der Waals surface area contributed by atoms with Crippen molar-refractivity contribution in [3.05, 3.63) is 168 Å². The van der Waals surface area contributed by atoms with Gasteiger partial charge in [0.25, 0.3) is 11.8 Å². The van der Waals surface area contributed by atoms with Crippen molar-refractivity contribution in [2.45, 2.75) is 51.4 Å². The number of anilines is 4. The lowest BCUT2D eigenvalue weighted by Gasteiger charge is -2.16. The third-order valence-corrected chi connectivity index (χ3v) is 11.1. The second kappa shape index (κ2) is 21.0. The molecule has 8 aromatic rings. The monoisotopic (exact) mass is 1010 g/mol. The Morgan fingerprint density at radius 2 is 1.08 bits per heavy atom. The number of nitrogens with two attached hydrogens (primary N) is 1. The van der Waals surface area contributed by atoms with E-state index in [1.807, 2.05) is 74.5 Å². The quantitative estimate of drug-likeness (QED) is 0.0635. The summed E-state index contributed by atoms with van der Waals surface area (Å²) in [4.78, 5) is 34.1. The number of aryl methyl sites for hydroxylation is 2. The van der Waals surface area contributed by atoms with Gasteiger partial charge in [-0.3, -0.25) is 9.59 Å². The van der Waals surface area contributed by atoms with Gasteiger partial charge in [-0.2, -0.15) is 5.26 Å². The Labute approximate surface area is 418 Å². The van der Waals surface area contributed by atoms with Crippen LogP contribution >= 0.6 is 0 Å². The number of alkyl halides is 4. The normalized spacial score (nSPS) is 14.1. The number of carbonyl (C=O) groups excluding carboxylic acids is 2. The fourth-order valence-electron chi connectivity index (χ4n) is 7.54. The lowest BCUT2D eigenvalue weighted by Crippen LogP contribution is -2.41. The van der Waals surface area contributed by atoms with Gasteiger partial charge < -0.3 is 45.9 Å². The van der Waals surface area contributed by atoms with Gasteiger partial charge in [0.1, 0.15) is 17.7 Å². The van der Waals surface area contributed by atoms with Crippen molar-refractivity contribution in [2.24, 2.45) is 5.73 Å². The van der Waals surface area contributed by atoms with E-state index in [1.165, 1.54) is 46.0 Å². The largest absolute Gasteiger partial charge is 0.586 e. The van der Waals surface area contributed by atoms with Crippen LogP contribution in [-0.2, 0) is 12.8 Å². The van der Waals surface area contributed by atoms with Crippen LogP contribution < -0.4 is 45.9 Å². The number of amides is 2. The van der Waals surface area contributed by atoms with E-state index in [9.17, 15) is 32.4 Å². The number of benzene rings is 4. The van der Waals surface area contributed by atoms with Gasteiger partial charge in [-0.1, -0.05) is 71.1 Å². The Bertz CT molecular complexity index is 3370. The molecule has 10 rings (SSSR count). The van der Waals surface area contributed by atoms with Crippen LogP contribution in [0.15, 0.2) is 134 Å². The van der Waals surface area contributed by atoms with Crippen molar-refractivity contribution in [3.63, 3.8) is 0 Å². The smallest absolute Gasteiger partial charge is 0.395 e. The molecule has 2 amide bonds. The van der Waals surface area contributed by atoms with Crippen molar-refractivity contribution in [1.82, 2.24) is 50.6 Å². The van der Waals surface area contributed by atoms with Crippen LogP contribution in [0.1, 0.15) is 43.2 Å². The summed E-state index contributed by atoms with van der Waals surface area (Å²) in [5.41, 5.74) is 11.6. The van der Waals surface area contributed by atoms with Crippen molar-refractivity contribution in [3.8, 4) is 40.4 Å². The summed E-state index contributed by atoms with van der Waals surface area (Å²) in [5.74, 6) is -0.421. The molecule has 0 spiro atoms. The number of hydrogen-bond donors (Lipinski definition) is 5. The molecule has 0 aliphatic carbocycles. The van der Waals surface area contributed by atoms with Crippen LogP contribution in [0.4, 0.5) is 40.6 Å². The van der Waals surface area contributed by atoms with Gasteiger partial charge >= 0.3 is 12.6 Å². The first-order chi connectivity index (χ1) is 35.6. The SMILES string of the molecule is Cc1cnc(Nc2ccc3c(c2)OC(F)(F)O3)cc1-n1cc(C(=O)NC(C#N)Cc2ccccc2)nn1.Cc1cnc(Nc2ccc3c(c2)OC(F)(F)O3)cc1-n1cc(C(=O)NC(CN)Cc2ccccc2)nn1. The van der Waals surface area contributed by atoms with Crippen LogP contribution in [0.25, 0.3) is 11.4 Å². The van der Waals surface area contributed by atoms with E-state index in [4.69, 9.17) is 5.73 Å². The van der Waals surface area contributed by atoms with E-state index >= 15 is 0 Å². The molecule has 0 saturated heterocycles. The summed E-state index contributed by atoms with van der Waals surface area (Å²) in [5, 5.41) is 37.2. The first-order valence-electron chi connectivity index (χ1n) is 22.5. The predicted octanol–water partition coefficient (Wildman–Crippen LogP) is 7.24. The van der Waals surface area contributed by atoms with Crippen molar-refractivity contribution >= 4 is 34.8 Å². The third-order valence-electron chi connectivity index (χ3n) is 11.1. The summed E-state index contributed by atoms with van der Waals surface area (Å²) in [6, 6.07) is 32.2. The molecule has 376 valence electrons. The van der Waals surface area contributed by atoms with Gasteiger partial charge in [0, 0.05) is 67.0 Å². The molecule has 0 bridgehead atoms. The maximum atomic E-state index is 13.3. The Morgan fingerprint density at radius 3 is 1.54 bits per heavy atom. The van der Waals surface area contributed by atoms with Gasteiger partial charge in [-0.15, -0.1) is 27.8 Å². The summed E-state index contributed by atoms with van der Waals surface area (Å²) >= 11 is 0. The highest BCUT2D eigenvalue weighted by atomic mass is 19.3. The van der Waals surface area contributed by atoms with E-state index in [-0.39, 0.29) is 52.9 Å². The summed E-state index contributed by atoms with van der Waals surface area (Å²) < 4.78 is 73.9. The Balaban J connectivity index is 0.000000182. The van der Waals surface area contributed by atoms with Gasteiger partial charge in [-0.25, -0.2) is 19.3 Å². The fourth-order valence-corrected chi connectivity index (χ4v) is 7.54. The standard InChI is InChI=1S/C25H23F2N7O3.C25H19F2N7O3/c2*1-15-13-29-23(30-17-7-8-21-22(10-17)37-25(26,27)36-21)11-20(15)34-14-19(32-33-34)24(35)31-18(12-28)9-16-5-3-2-4-6-16/h2-8,10-11,13-14,18H,9,12,28H2,1H3,(H,29,30)(H,31,35);2-8,10-11,13-14,18H,9H2,1H3,(H,29,30)(H,31,35). The summed E-state index contributed by atoms with van der Waals surface area (Å²) in [7, 11) is 0. The van der Waals surface area contributed by atoms with Crippen molar-refractivity contribution < 1.29 is 46.1 Å². The lowest BCUT2D eigenvalue weighted by molar-refractivity contribution is -0.287.